The van der Waals surface area contributed by atoms with Crippen LogP contribution in [0.5, 0.6) is 0 Å². The van der Waals surface area contributed by atoms with E-state index in [1.807, 2.05) is 13.0 Å². The molecule has 0 unspecified atom stereocenters. The number of nitrogens with zero attached hydrogens (tertiary/aromatic N) is 5. The summed E-state index contributed by atoms with van der Waals surface area (Å²) < 4.78 is 5.00. The molecular formula is C17H22N6O4S. The number of nitrogens with one attached hydrogen (secondary N) is 1. The fraction of sp³-hybridized carbons (Fsp3) is 0.471. The summed E-state index contributed by atoms with van der Waals surface area (Å²) in [7, 11) is 0. The molecular weight excluding hydrogens is 384 g/mol. The molecule has 0 bridgehead atoms. The predicted octanol–water partition coefficient (Wildman–Crippen LogP) is 1.37. The van der Waals surface area contributed by atoms with E-state index in [-0.39, 0.29) is 10.8 Å². The average Bonchev–Trinajstić information content (AvgIpc) is 3.10. The molecule has 0 aliphatic carbocycles. The third-order valence-electron chi connectivity index (χ3n) is 4.19. The smallest absolute Gasteiger partial charge is 0.347 e. The number of aryl methyl sites for hydroxylation is 1. The first-order chi connectivity index (χ1) is 13.4. The van der Waals surface area contributed by atoms with E-state index in [0.717, 1.165) is 49.9 Å². The second kappa shape index (κ2) is 8.93. The van der Waals surface area contributed by atoms with Gasteiger partial charge in [-0.25, -0.2) is 19.7 Å². The highest BCUT2D eigenvalue weighted by molar-refractivity contribution is 7.17. The number of aromatic carboxylic acids is 1. The van der Waals surface area contributed by atoms with Crippen LogP contribution in [0.2, 0.25) is 0 Å². The SMILES string of the molecule is CC(=O)OCCN1CCN(c2cc(Nc3ncc(C(=O)O)s3)nc(C)n2)CC1. The largest absolute Gasteiger partial charge is 0.477 e. The van der Waals surface area contributed by atoms with Crippen molar-refractivity contribution in [3.63, 3.8) is 0 Å². The van der Waals surface area contributed by atoms with Crippen molar-refractivity contribution in [2.75, 3.05) is 49.5 Å². The summed E-state index contributed by atoms with van der Waals surface area (Å²) in [6.45, 7) is 7.65. The second-order valence-electron chi connectivity index (χ2n) is 6.29. The Balaban J connectivity index is 1.60. The normalized spacial score (nSPS) is 14.7. The Morgan fingerprint density at radius 2 is 2.04 bits per heavy atom. The third kappa shape index (κ3) is 5.36. The van der Waals surface area contributed by atoms with Gasteiger partial charge in [-0.2, -0.15) is 0 Å². The Labute approximate surface area is 166 Å². The number of carboxylic acids is 1. The van der Waals surface area contributed by atoms with Gasteiger partial charge in [-0.15, -0.1) is 0 Å². The number of carboxylic acid groups (broad SMARTS) is 1. The number of esters is 1. The van der Waals surface area contributed by atoms with Crippen LogP contribution in [0.4, 0.5) is 16.8 Å². The van der Waals surface area contributed by atoms with Gasteiger partial charge >= 0.3 is 11.9 Å². The van der Waals surface area contributed by atoms with Crippen LogP contribution in [-0.4, -0.2) is 76.2 Å². The summed E-state index contributed by atoms with van der Waals surface area (Å²) in [6.07, 6.45) is 1.32. The van der Waals surface area contributed by atoms with E-state index in [4.69, 9.17) is 9.84 Å². The molecule has 2 aromatic rings. The summed E-state index contributed by atoms with van der Waals surface area (Å²) in [4.78, 5) is 39.4. The van der Waals surface area contributed by atoms with Crippen LogP contribution in [0.15, 0.2) is 12.3 Å². The van der Waals surface area contributed by atoms with Gasteiger partial charge in [-0.05, 0) is 6.92 Å². The van der Waals surface area contributed by atoms with E-state index in [9.17, 15) is 9.59 Å². The zero-order valence-corrected chi connectivity index (χ0v) is 16.5. The highest BCUT2D eigenvalue weighted by Crippen LogP contribution is 2.24. The molecule has 0 aromatic carbocycles. The van der Waals surface area contributed by atoms with Crippen LogP contribution < -0.4 is 10.2 Å². The number of anilines is 3. The van der Waals surface area contributed by atoms with Gasteiger partial charge in [-0.3, -0.25) is 9.69 Å². The number of piperazine rings is 1. The topological polar surface area (TPSA) is 121 Å². The van der Waals surface area contributed by atoms with E-state index >= 15 is 0 Å². The van der Waals surface area contributed by atoms with Crippen molar-refractivity contribution in [3.05, 3.63) is 23.0 Å². The van der Waals surface area contributed by atoms with Gasteiger partial charge < -0.3 is 20.1 Å². The lowest BCUT2D eigenvalue weighted by Crippen LogP contribution is -2.47. The van der Waals surface area contributed by atoms with Crippen LogP contribution in [0, 0.1) is 6.92 Å². The van der Waals surface area contributed by atoms with E-state index < -0.39 is 5.97 Å². The number of thiazole rings is 1. The molecule has 2 N–H and O–H groups in total. The van der Waals surface area contributed by atoms with E-state index in [1.165, 1.54) is 13.1 Å². The molecule has 2 aromatic heterocycles. The Kier molecular flexibility index (Phi) is 6.37. The third-order valence-corrected chi connectivity index (χ3v) is 5.09. The molecule has 3 rings (SSSR count). The highest BCUT2D eigenvalue weighted by Gasteiger charge is 2.19. The van der Waals surface area contributed by atoms with Crippen LogP contribution in [0.1, 0.15) is 22.4 Å². The van der Waals surface area contributed by atoms with Crippen molar-refractivity contribution in [2.45, 2.75) is 13.8 Å². The Morgan fingerprint density at radius 3 is 2.68 bits per heavy atom. The second-order valence-corrected chi connectivity index (χ2v) is 7.32. The molecule has 1 aliphatic rings. The summed E-state index contributed by atoms with van der Waals surface area (Å²) >= 11 is 1.05. The fourth-order valence-corrected chi connectivity index (χ4v) is 3.50. The van der Waals surface area contributed by atoms with Crippen molar-refractivity contribution in [1.82, 2.24) is 19.9 Å². The van der Waals surface area contributed by atoms with Gasteiger partial charge in [0.15, 0.2) is 5.13 Å². The van der Waals surface area contributed by atoms with Crippen molar-refractivity contribution < 1.29 is 19.4 Å². The number of carbonyl (C=O) groups excluding carboxylic acids is 1. The molecule has 0 atom stereocenters. The van der Waals surface area contributed by atoms with Crippen molar-refractivity contribution in [2.24, 2.45) is 0 Å². The van der Waals surface area contributed by atoms with Gasteiger partial charge in [0.2, 0.25) is 0 Å². The lowest BCUT2D eigenvalue weighted by Gasteiger charge is -2.35. The van der Waals surface area contributed by atoms with Crippen molar-refractivity contribution in [3.8, 4) is 0 Å². The number of carbonyl (C=O) groups is 2. The maximum absolute atomic E-state index is 11.0. The summed E-state index contributed by atoms with van der Waals surface area (Å²) in [5.74, 6) is 0.741. The number of rotatable bonds is 7. The van der Waals surface area contributed by atoms with Gasteiger partial charge in [0.25, 0.3) is 0 Å². The number of ether oxygens (including phenoxy) is 1. The average molecular weight is 406 g/mol. The van der Waals surface area contributed by atoms with Crippen LogP contribution in [0.25, 0.3) is 0 Å². The minimum Gasteiger partial charge on any atom is -0.477 e. The number of aromatic nitrogens is 3. The zero-order chi connectivity index (χ0) is 20.1. The lowest BCUT2D eigenvalue weighted by molar-refractivity contribution is -0.141. The van der Waals surface area contributed by atoms with E-state index in [2.05, 4.69) is 30.1 Å². The molecule has 1 saturated heterocycles. The Hall–Kier alpha value is -2.79. The first-order valence-electron chi connectivity index (χ1n) is 8.83. The highest BCUT2D eigenvalue weighted by atomic mass is 32.1. The molecule has 28 heavy (non-hydrogen) atoms. The summed E-state index contributed by atoms with van der Waals surface area (Å²) in [6, 6.07) is 1.84. The maximum atomic E-state index is 11.0. The first kappa shape index (κ1) is 20.0. The fourth-order valence-electron chi connectivity index (χ4n) is 2.84. The van der Waals surface area contributed by atoms with E-state index in [0.29, 0.717) is 23.4 Å². The molecule has 0 saturated carbocycles. The van der Waals surface area contributed by atoms with Gasteiger partial charge in [0.05, 0.1) is 6.20 Å². The molecule has 1 aliphatic heterocycles. The summed E-state index contributed by atoms with van der Waals surface area (Å²) in [5.41, 5.74) is 0. The zero-order valence-electron chi connectivity index (χ0n) is 15.7. The van der Waals surface area contributed by atoms with E-state index in [1.54, 1.807) is 0 Å². The molecule has 0 spiro atoms. The molecule has 3 heterocycles. The lowest BCUT2D eigenvalue weighted by atomic mass is 10.3. The quantitative estimate of drug-likeness (QED) is 0.652. The maximum Gasteiger partial charge on any atom is 0.347 e. The minimum atomic E-state index is -1.00. The molecule has 150 valence electrons. The van der Waals surface area contributed by atoms with Crippen LogP contribution >= 0.6 is 11.3 Å². The molecule has 10 nitrogen and oxygen atoms in total. The van der Waals surface area contributed by atoms with Crippen molar-refractivity contribution >= 4 is 40.0 Å². The van der Waals surface area contributed by atoms with Gasteiger partial charge in [0.1, 0.15) is 28.9 Å². The monoisotopic (exact) mass is 406 g/mol. The Morgan fingerprint density at radius 1 is 1.29 bits per heavy atom. The molecule has 11 heteroatoms. The van der Waals surface area contributed by atoms with Crippen LogP contribution in [-0.2, 0) is 9.53 Å². The first-order valence-corrected chi connectivity index (χ1v) is 9.65. The van der Waals surface area contributed by atoms with Gasteiger partial charge in [0, 0.05) is 45.7 Å². The summed E-state index contributed by atoms with van der Waals surface area (Å²) in [5, 5.41) is 12.5. The Bertz CT molecular complexity index is 850. The minimum absolute atomic E-state index is 0.165. The van der Waals surface area contributed by atoms with Crippen molar-refractivity contribution in [1.29, 1.82) is 0 Å². The molecule has 1 fully saturated rings. The van der Waals surface area contributed by atoms with Gasteiger partial charge in [-0.1, -0.05) is 11.3 Å². The predicted molar refractivity (Wildman–Crippen MR) is 104 cm³/mol. The molecule has 0 radical (unpaired) electrons. The van der Waals surface area contributed by atoms with Crippen LogP contribution in [0.3, 0.4) is 0 Å². The standard InChI is InChI=1S/C17H22N6O4S/c1-11-19-14(21-17-18-10-13(28-17)16(25)26)9-15(20-11)23-5-3-22(4-6-23)7-8-27-12(2)24/h9-10H,3-8H2,1-2H3,(H,25,26)(H,18,19,20,21). The molecule has 0 amide bonds. The number of hydrogen-bond donors (Lipinski definition) is 2. The number of hydrogen-bond acceptors (Lipinski definition) is 10.